The Bertz CT molecular complexity index is 831. The molecule has 2 aliphatic heterocycles. The summed E-state index contributed by atoms with van der Waals surface area (Å²) in [5.41, 5.74) is 2.32. The lowest BCUT2D eigenvalue weighted by atomic mass is 9.84. The Hall–Kier alpha value is -2.44. The number of hydrogen-bond acceptors (Lipinski definition) is 6. The predicted octanol–water partition coefficient (Wildman–Crippen LogP) is 3.88. The molecule has 1 fully saturated rings. The van der Waals surface area contributed by atoms with Crippen molar-refractivity contribution in [1.29, 1.82) is 0 Å². The number of fused-ring (bicyclic) bond motifs is 1. The van der Waals surface area contributed by atoms with Crippen LogP contribution in [-0.4, -0.2) is 48.3 Å². The van der Waals surface area contributed by atoms with Crippen LogP contribution in [0.1, 0.15) is 30.4 Å². The molecule has 0 radical (unpaired) electrons. The van der Waals surface area contributed by atoms with Gasteiger partial charge in [-0.3, -0.25) is 5.01 Å². The predicted molar refractivity (Wildman–Crippen MR) is 109 cm³/mol. The van der Waals surface area contributed by atoms with Crippen molar-refractivity contribution in [1.82, 2.24) is 9.91 Å². The summed E-state index contributed by atoms with van der Waals surface area (Å²) < 4.78 is 5.45. The maximum atomic E-state index is 11.2. The van der Waals surface area contributed by atoms with Crippen LogP contribution in [0, 0.1) is 0 Å². The number of aliphatic hydroxyl groups is 1. The molecule has 148 valence electrons. The van der Waals surface area contributed by atoms with Gasteiger partial charge in [-0.25, -0.2) is 0 Å². The summed E-state index contributed by atoms with van der Waals surface area (Å²) in [6, 6.07) is 16.0. The van der Waals surface area contributed by atoms with Crippen LogP contribution in [0.2, 0.25) is 0 Å². The molecule has 2 aromatic carbocycles. The van der Waals surface area contributed by atoms with Gasteiger partial charge in [0.05, 0.1) is 24.9 Å². The Balaban J connectivity index is 1.25. The second-order valence-corrected chi connectivity index (χ2v) is 7.63. The zero-order valence-corrected chi connectivity index (χ0v) is 16.4. The molecule has 1 saturated heterocycles. The van der Waals surface area contributed by atoms with E-state index in [9.17, 15) is 5.11 Å². The zero-order chi connectivity index (χ0) is 19.4. The molecule has 0 spiro atoms. The molecule has 6 nitrogen and oxygen atoms in total. The minimum absolute atomic E-state index is 0.726. The molecule has 28 heavy (non-hydrogen) atoms. The van der Waals surface area contributed by atoms with Crippen LogP contribution < -0.4 is 4.74 Å². The van der Waals surface area contributed by atoms with Gasteiger partial charge in [-0.15, -0.1) is 5.11 Å². The molecule has 2 aromatic rings. The van der Waals surface area contributed by atoms with E-state index in [-0.39, 0.29) is 0 Å². The van der Waals surface area contributed by atoms with Crippen molar-refractivity contribution < 1.29 is 9.84 Å². The minimum atomic E-state index is -0.798. The van der Waals surface area contributed by atoms with Crippen LogP contribution in [-0.2, 0) is 12.1 Å². The molecule has 2 aliphatic rings. The van der Waals surface area contributed by atoms with Crippen molar-refractivity contribution in [2.45, 2.75) is 31.4 Å². The van der Waals surface area contributed by atoms with E-state index in [0.29, 0.717) is 0 Å². The topological polar surface area (TPSA) is 60.7 Å². The highest BCUT2D eigenvalue weighted by molar-refractivity contribution is 5.45. The van der Waals surface area contributed by atoms with Crippen molar-refractivity contribution >= 4 is 5.69 Å². The van der Waals surface area contributed by atoms with E-state index in [2.05, 4.69) is 27.4 Å². The summed E-state index contributed by atoms with van der Waals surface area (Å²) in [5.74, 6) is 0.772. The summed E-state index contributed by atoms with van der Waals surface area (Å²) in [6.45, 7) is 4.51. The van der Waals surface area contributed by atoms with Crippen LogP contribution in [0.15, 0.2) is 58.9 Å². The Morgan fingerprint density at radius 2 is 1.79 bits per heavy atom. The van der Waals surface area contributed by atoms with Crippen LogP contribution in [0.25, 0.3) is 0 Å². The lowest BCUT2D eigenvalue weighted by molar-refractivity contribution is -0.0279. The number of methoxy groups -OCH3 is 1. The number of likely N-dealkylation sites (tertiary alicyclic amines) is 1. The first-order valence-electron chi connectivity index (χ1n) is 10.0. The highest BCUT2D eigenvalue weighted by atomic mass is 16.5. The van der Waals surface area contributed by atoms with Crippen molar-refractivity contribution in [2.24, 2.45) is 10.3 Å². The molecule has 0 atom stereocenters. The third kappa shape index (κ3) is 4.03. The Morgan fingerprint density at radius 3 is 2.61 bits per heavy atom. The maximum Gasteiger partial charge on any atom is 0.124 e. The van der Waals surface area contributed by atoms with Gasteiger partial charge in [0.25, 0.3) is 0 Å². The van der Waals surface area contributed by atoms with Gasteiger partial charge in [-0.05, 0) is 37.9 Å². The fourth-order valence-electron chi connectivity index (χ4n) is 4.13. The standard InChI is InChI=1S/C22H28N4O2/c1-28-21-10-5-3-8-19(21)22(27)11-15-25(16-12-22)13-6-14-26-17-18-7-2-4-9-20(18)23-24-26/h2-5,7-10,27H,6,11-17H2,1H3. The molecule has 0 saturated carbocycles. The zero-order valence-electron chi connectivity index (χ0n) is 16.4. The van der Waals surface area contributed by atoms with Gasteiger partial charge in [-0.2, -0.15) is 0 Å². The summed E-state index contributed by atoms with van der Waals surface area (Å²) in [4.78, 5) is 2.43. The first-order chi connectivity index (χ1) is 13.7. The van der Waals surface area contributed by atoms with Crippen molar-refractivity contribution in [2.75, 3.05) is 33.3 Å². The van der Waals surface area contributed by atoms with Gasteiger partial charge in [0.1, 0.15) is 5.75 Å². The van der Waals surface area contributed by atoms with E-state index in [1.54, 1.807) is 7.11 Å². The number of nitrogens with zero attached hydrogens (tertiary/aromatic N) is 4. The van der Waals surface area contributed by atoms with Crippen LogP contribution >= 0.6 is 0 Å². The van der Waals surface area contributed by atoms with Gasteiger partial charge in [0, 0.05) is 30.8 Å². The number of rotatable bonds is 6. The number of piperidine rings is 1. The van der Waals surface area contributed by atoms with Gasteiger partial charge in [0.2, 0.25) is 0 Å². The third-order valence-electron chi connectivity index (χ3n) is 5.81. The van der Waals surface area contributed by atoms with Crippen LogP contribution in [0.4, 0.5) is 5.69 Å². The Labute approximate surface area is 166 Å². The normalized spacial score (nSPS) is 18.7. The summed E-state index contributed by atoms with van der Waals surface area (Å²) in [6.07, 6.45) is 2.49. The molecule has 0 unspecified atom stereocenters. The van der Waals surface area contributed by atoms with Crippen LogP contribution in [0.3, 0.4) is 0 Å². The Morgan fingerprint density at radius 1 is 1.04 bits per heavy atom. The smallest absolute Gasteiger partial charge is 0.124 e. The van der Waals surface area contributed by atoms with Gasteiger partial charge >= 0.3 is 0 Å². The molecular weight excluding hydrogens is 352 g/mol. The second-order valence-electron chi connectivity index (χ2n) is 7.63. The maximum absolute atomic E-state index is 11.2. The summed E-state index contributed by atoms with van der Waals surface area (Å²) >= 11 is 0. The van der Waals surface area contributed by atoms with Crippen molar-refractivity contribution in [3.8, 4) is 5.75 Å². The molecule has 6 heteroatoms. The second kappa shape index (κ2) is 8.29. The van der Waals surface area contributed by atoms with E-state index in [1.807, 2.05) is 41.4 Å². The monoisotopic (exact) mass is 380 g/mol. The molecule has 4 rings (SSSR count). The molecule has 1 N–H and O–H groups in total. The number of hydrogen-bond donors (Lipinski definition) is 1. The van der Waals surface area contributed by atoms with E-state index in [1.165, 1.54) is 5.56 Å². The molecule has 0 bridgehead atoms. The fraction of sp³-hybridized carbons (Fsp3) is 0.455. The van der Waals surface area contributed by atoms with E-state index < -0.39 is 5.60 Å². The minimum Gasteiger partial charge on any atom is -0.496 e. The number of benzene rings is 2. The van der Waals surface area contributed by atoms with Gasteiger partial charge < -0.3 is 14.7 Å². The molecule has 0 aromatic heterocycles. The fourth-order valence-corrected chi connectivity index (χ4v) is 4.13. The van der Waals surface area contributed by atoms with E-state index >= 15 is 0 Å². The summed E-state index contributed by atoms with van der Waals surface area (Å²) in [5, 5.41) is 21.8. The van der Waals surface area contributed by atoms with Crippen molar-refractivity contribution in [3.63, 3.8) is 0 Å². The first-order valence-corrected chi connectivity index (χ1v) is 10.0. The molecular formula is C22H28N4O2. The Kier molecular flexibility index (Phi) is 5.59. The summed E-state index contributed by atoms with van der Waals surface area (Å²) in [7, 11) is 1.66. The lowest BCUT2D eigenvalue weighted by Gasteiger charge is -2.39. The quantitative estimate of drug-likeness (QED) is 0.826. The van der Waals surface area contributed by atoms with Crippen molar-refractivity contribution in [3.05, 3.63) is 59.7 Å². The average molecular weight is 380 g/mol. The number of ether oxygens (including phenoxy) is 1. The molecule has 0 amide bonds. The highest BCUT2D eigenvalue weighted by Crippen LogP contribution is 2.37. The first kappa shape index (κ1) is 18.9. The SMILES string of the molecule is COc1ccccc1C1(O)CCN(CCCN2Cc3ccccc3N=N2)CC1. The van der Waals surface area contributed by atoms with Gasteiger partial charge in [0.15, 0.2) is 0 Å². The molecule has 0 aliphatic carbocycles. The number of para-hydroxylation sites is 1. The third-order valence-corrected chi connectivity index (χ3v) is 5.81. The average Bonchev–Trinajstić information content (AvgIpc) is 2.75. The van der Waals surface area contributed by atoms with Crippen LogP contribution in [0.5, 0.6) is 5.75 Å². The highest BCUT2D eigenvalue weighted by Gasteiger charge is 2.35. The van der Waals surface area contributed by atoms with Gasteiger partial charge in [-0.1, -0.05) is 41.6 Å². The largest absolute Gasteiger partial charge is 0.496 e. The lowest BCUT2D eigenvalue weighted by Crippen LogP contribution is -2.43. The molecule has 2 heterocycles. The van der Waals surface area contributed by atoms with E-state index in [0.717, 1.165) is 69.0 Å². The van der Waals surface area contributed by atoms with E-state index in [4.69, 9.17) is 4.74 Å².